The second kappa shape index (κ2) is 9.98. The third-order valence-corrected chi connectivity index (χ3v) is 7.00. The number of hydrogen-bond donors (Lipinski definition) is 2. The zero-order chi connectivity index (χ0) is 26.2. The number of rotatable bonds is 6. The van der Waals surface area contributed by atoms with Crippen molar-refractivity contribution in [1.82, 2.24) is 24.8 Å². The lowest BCUT2D eigenvalue weighted by molar-refractivity contribution is -0.137. The average molecular weight is 533 g/mol. The monoisotopic (exact) mass is 532 g/mol. The number of hydrogen-bond acceptors (Lipinski definition) is 7. The van der Waals surface area contributed by atoms with Crippen molar-refractivity contribution in [1.29, 1.82) is 0 Å². The fraction of sp³-hybridized carbons (Fsp3) is 0.333. The Morgan fingerprint density at radius 1 is 1.08 bits per heavy atom. The van der Waals surface area contributed by atoms with Crippen LogP contribution in [-0.2, 0) is 22.8 Å². The van der Waals surface area contributed by atoms with Crippen LogP contribution in [0.4, 0.5) is 24.3 Å². The lowest BCUT2D eigenvalue weighted by Crippen LogP contribution is -2.42. The van der Waals surface area contributed by atoms with Gasteiger partial charge in [0.1, 0.15) is 0 Å². The lowest BCUT2D eigenvalue weighted by atomic mass is 10.2. The Bertz CT molecular complexity index is 1480. The van der Waals surface area contributed by atoms with Crippen LogP contribution in [0.2, 0.25) is 0 Å². The third-order valence-electron chi connectivity index (χ3n) is 6.07. The molecule has 0 aliphatic carbocycles. The molecule has 1 saturated heterocycles. The number of carbonyl (C=O) groups excluding carboxylic acids is 2. The molecule has 37 heavy (non-hydrogen) atoms. The molecule has 3 heterocycles. The number of aromatic nitrogens is 3. The van der Waals surface area contributed by atoms with Gasteiger partial charge in [-0.25, -0.2) is 9.97 Å². The van der Waals surface area contributed by atoms with E-state index in [1.807, 2.05) is 0 Å². The van der Waals surface area contributed by atoms with Crippen LogP contribution in [0.5, 0.6) is 0 Å². The molecule has 13 heteroatoms. The van der Waals surface area contributed by atoms with Crippen LogP contribution in [0.1, 0.15) is 22.3 Å². The van der Waals surface area contributed by atoms with Gasteiger partial charge in [0.15, 0.2) is 5.13 Å². The van der Waals surface area contributed by atoms with Gasteiger partial charge in [-0.15, -0.1) is 0 Å². The van der Waals surface area contributed by atoms with E-state index in [1.165, 1.54) is 6.07 Å². The highest BCUT2D eigenvalue weighted by molar-refractivity contribution is 7.22. The fourth-order valence-electron chi connectivity index (χ4n) is 4.06. The molecule has 194 valence electrons. The topological polar surface area (TPSA) is 101 Å². The summed E-state index contributed by atoms with van der Waals surface area (Å²) < 4.78 is 46.5. The molecule has 4 aromatic rings. The fourth-order valence-corrected chi connectivity index (χ4v) is 4.96. The maximum Gasteiger partial charge on any atom is 0.416 e. The molecular weight excluding hydrogens is 509 g/mol. The number of morpholine rings is 1. The summed E-state index contributed by atoms with van der Waals surface area (Å²) in [5, 5.41) is 6.23. The van der Waals surface area contributed by atoms with E-state index in [1.54, 1.807) is 34.7 Å². The van der Waals surface area contributed by atoms with E-state index in [4.69, 9.17) is 4.74 Å². The Kier molecular flexibility index (Phi) is 6.73. The number of fused-ring (bicyclic) bond motifs is 2. The molecular formula is C24H23F3N6O3S. The number of carbonyl (C=O) groups is 2. The second-order valence-electron chi connectivity index (χ2n) is 8.52. The normalized spacial score (nSPS) is 14.3. The van der Waals surface area contributed by atoms with Crippen molar-refractivity contribution < 1.29 is 27.5 Å². The van der Waals surface area contributed by atoms with Crippen LogP contribution in [0.3, 0.4) is 0 Å². The Morgan fingerprint density at radius 2 is 1.86 bits per heavy atom. The predicted octanol–water partition coefficient (Wildman–Crippen LogP) is 3.92. The Morgan fingerprint density at radius 3 is 2.62 bits per heavy atom. The summed E-state index contributed by atoms with van der Waals surface area (Å²) in [6, 6.07) is 8.50. The number of aryl methyl sites for hydroxylation is 1. The number of halogens is 3. The minimum atomic E-state index is -4.43. The van der Waals surface area contributed by atoms with Gasteiger partial charge in [0.05, 0.1) is 40.0 Å². The maximum absolute atomic E-state index is 13.0. The highest BCUT2D eigenvalue weighted by atomic mass is 32.1. The summed E-state index contributed by atoms with van der Waals surface area (Å²) in [6.45, 7) is 2.39. The summed E-state index contributed by atoms with van der Waals surface area (Å²) in [4.78, 5) is 35.5. The highest BCUT2D eigenvalue weighted by Gasteiger charge is 2.30. The average Bonchev–Trinajstić information content (AvgIpc) is 3.43. The highest BCUT2D eigenvalue weighted by Crippen LogP contribution is 2.35. The summed E-state index contributed by atoms with van der Waals surface area (Å²) in [5.74, 6) is 0.0891. The van der Waals surface area contributed by atoms with Gasteiger partial charge in [-0.2, -0.15) is 13.2 Å². The van der Waals surface area contributed by atoms with Gasteiger partial charge in [-0.1, -0.05) is 11.3 Å². The summed E-state index contributed by atoms with van der Waals surface area (Å²) >= 11 is 1.09. The number of amides is 2. The molecule has 5 rings (SSSR count). The molecule has 1 fully saturated rings. The first-order valence-electron chi connectivity index (χ1n) is 11.5. The Labute approximate surface area is 213 Å². The SMILES string of the molecule is Cn1c(Nc2nc3ccc(C(F)(F)F)cc3s2)nc2cc(C(=O)NCCC(=O)N3CCOCC3)ccc21. The molecule has 2 amide bonds. The van der Waals surface area contributed by atoms with Gasteiger partial charge >= 0.3 is 6.18 Å². The molecule has 0 spiro atoms. The number of benzene rings is 2. The molecule has 1 aliphatic heterocycles. The van der Waals surface area contributed by atoms with Crippen molar-refractivity contribution in [3.05, 3.63) is 47.5 Å². The van der Waals surface area contributed by atoms with Crippen molar-refractivity contribution in [2.45, 2.75) is 12.6 Å². The first-order chi connectivity index (χ1) is 17.7. The van der Waals surface area contributed by atoms with Crippen molar-refractivity contribution in [2.75, 3.05) is 38.2 Å². The van der Waals surface area contributed by atoms with Gasteiger partial charge in [0, 0.05) is 38.7 Å². The van der Waals surface area contributed by atoms with E-state index in [0.717, 1.165) is 29.0 Å². The van der Waals surface area contributed by atoms with Crippen molar-refractivity contribution >= 4 is 55.5 Å². The van der Waals surface area contributed by atoms with Gasteiger partial charge < -0.3 is 24.8 Å². The number of thiazole rings is 1. The number of nitrogens with zero attached hydrogens (tertiary/aromatic N) is 4. The predicted molar refractivity (Wildman–Crippen MR) is 133 cm³/mol. The quantitative estimate of drug-likeness (QED) is 0.390. The smallest absolute Gasteiger partial charge is 0.378 e. The Hall–Kier alpha value is -3.71. The van der Waals surface area contributed by atoms with E-state index in [-0.39, 0.29) is 24.8 Å². The second-order valence-corrected chi connectivity index (χ2v) is 9.55. The standard InChI is InChI=1S/C24H23F3N6O3S/c1-32-18-5-2-14(21(35)28-7-6-20(34)33-8-10-36-11-9-33)12-17(18)29-22(32)31-23-30-16-4-3-15(24(25,26)27)13-19(16)37-23/h2-5,12-13H,6-11H2,1H3,(H,28,35)(H,29,30,31). The minimum Gasteiger partial charge on any atom is -0.378 e. The van der Waals surface area contributed by atoms with Gasteiger partial charge in [0.25, 0.3) is 5.91 Å². The lowest BCUT2D eigenvalue weighted by Gasteiger charge is -2.26. The molecule has 0 atom stereocenters. The largest absolute Gasteiger partial charge is 0.416 e. The summed E-state index contributed by atoms with van der Waals surface area (Å²) in [6.07, 6.45) is -4.22. The molecule has 2 aromatic carbocycles. The van der Waals surface area contributed by atoms with Crippen molar-refractivity contribution in [3.63, 3.8) is 0 Å². The van der Waals surface area contributed by atoms with E-state index >= 15 is 0 Å². The van der Waals surface area contributed by atoms with E-state index < -0.39 is 11.7 Å². The molecule has 1 aliphatic rings. The zero-order valence-corrected chi connectivity index (χ0v) is 20.6. The number of alkyl halides is 3. The van der Waals surface area contributed by atoms with Crippen LogP contribution >= 0.6 is 11.3 Å². The first-order valence-corrected chi connectivity index (χ1v) is 12.4. The Balaban J connectivity index is 1.26. The molecule has 0 unspecified atom stereocenters. The van der Waals surface area contributed by atoms with Gasteiger partial charge in [-0.05, 0) is 36.4 Å². The van der Waals surface area contributed by atoms with E-state index in [9.17, 15) is 22.8 Å². The number of imidazole rings is 1. The first kappa shape index (κ1) is 25.0. The minimum absolute atomic E-state index is 0.0241. The van der Waals surface area contributed by atoms with E-state index in [0.29, 0.717) is 58.7 Å². The summed E-state index contributed by atoms with van der Waals surface area (Å²) in [7, 11) is 1.78. The van der Waals surface area contributed by atoms with Crippen molar-refractivity contribution in [2.24, 2.45) is 7.05 Å². The van der Waals surface area contributed by atoms with Crippen LogP contribution < -0.4 is 10.6 Å². The van der Waals surface area contributed by atoms with Crippen LogP contribution in [0.15, 0.2) is 36.4 Å². The molecule has 0 bridgehead atoms. The molecule has 2 N–H and O–H groups in total. The van der Waals surface area contributed by atoms with Crippen LogP contribution in [0, 0.1) is 0 Å². The number of anilines is 2. The van der Waals surface area contributed by atoms with E-state index in [2.05, 4.69) is 20.6 Å². The molecule has 9 nitrogen and oxygen atoms in total. The summed E-state index contributed by atoms with van der Waals surface area (Å²) in [5.41, 5.74) is 1.43. The molecule has 0 radical (unpaired) electrons. The third kappa shape index (κ3) is 5.37. The van der Waals surface area contributed by atoms with Gasteiger partial charge in [0.2, 0.25) is 11.9 Å². The van der Waals surface area contributed by atoms with Crippen LogP contribution in [0.25, 0.3) is 21.3 Å². The maximum atomic E-state index is 13.0. The number of nitrogens with one attached hydrogen (secondary N) is 2. The van der Waals surface area contributed by atoms with Gasteiger partial charge in [-0.3, -0.25) is 9.59 Å². The molecule has 0 saturated carbocycles. The molecule has 2 aromatic heterocycles. The van der Waals surface area contributed by atoms with Crippen LogP contribution in [-0.4, -0.2) is 64.1 Å². The zero-order valence-electron chi connectivity index (χ0n) is 19.8. The number of ether oxygens (including phenoxy) is 1. The van der Waals surface area contributed by atoms with Crippen molar-refractivity contribution in [3.8, 4) is 0 Å².